The van der Waals surface area contributed by atoms with E-state index in [1.165, 1.54) is 11.3 Å². The number of rotatable bonds is 6. The molecule has 1 heterocycles. The summed E-state index contributed by atoms with van der Waals surface area (Å²) in [6.45, 7) is 9.54. The largest absolute Gasteiger partial charge is 0.382 e. The molecule has 2 rings (SSSR count). The van der Waals surface area contributed by atoms with Crippen LogP contribution in [0.4, 0.5) is 10.5 Å². The first kappa shape index (κ1) is 16.6. The van der Waals surface area contributed by atoms with Gasteiger partial charge in [0.25, 0.3) is 0 Å². The van der Waals surface area contributed by atoms with Gasteiger partial charge in [0.1, 0.15) is 0 Å². The predicted octanol–water partition coefficient (Wildman–Crippen LogP) is 2.25. The lowest BCUT2D eigenvalue weighted by Gasteiger charge is -2.36. The number of carbonyl (C=O) groups is 1. The second-order valence-electron chi connectivity index (χ2n) is 5.54. The van der Waals surface area contributed by atoms with E-state index in [1.807, 2.05) is 11.8 Å². The molecule has 1 aliphatic heterocycles. The van der Waals surface area contributed by atoms with Crippen LogP contribution in [0.2, 0.25) is 0 Å². The maximum absolute atomic E-state index is 12.1. The molecule has 2 amide bonds. The Bertz CT molecular complexity index is 471. The van der Waals surface area contributed by atoms with Crippen LogP contribution in [0.3, 0.4) is 0 Å². The topological polar surface area (TPSA) is 44.8 Å². The normalized spacial score (nSPS) is 15.0. The number of anilines is 1. The van der Waals surface area contributed by atoms with Crippen molar-refractivity contribution >= 4 is 11.7 Å². The molecular formula is C17H27N3O2. The molecule has 0 spiro atoms. The summed E-state index contributed by atoms with van der Waals surface area (Å²) in [5, 5.41) is 2.97. The Labute approximate surface area is 133 Å². The number of benzene rings is 1. The van der Waals surface area contributed by atoms with Crippen LogP contribution >= 0.6 is 0 Å². The first-order valence-corrected chi connectivity index (χ1v) is 8.13. The van der Waals surface area contributed by atoms with Crippen LogP contribution in [0.1, 0.15) is 18.9 Å². The summed E-state index contributed by atoms with van der Waals surface area (Å²) in [5.41, 5.74) is 2.57. The van der Waals surface area contributed by atoms with Gasteiger partial charge in [-0.1, -0.05) is 18.2 Å². The van der Waals surface area contributed by atoms with Gasteiger partial charge in [-0.15, -0.1) is 0 Å². The maximum Gasteiger partial charge on any atom is 0.317 e. The van der Waals surface area contributed by atoms with Crippen molar-refractivity contribution < 1.29 is 9.53 Å². The van der Waals surface area contributed by atoms with Crippen molar-refractivity contribution in [2.24, 2.45) is 0 Å². The van der Waals surface area contributed by atoms with Crippen molar-refractivity contribution in [3.8, 4) is 0 Å². The monoisotopic (exact) mass is 305 g/mol. The Hall–Kier alpha value is -1.75. The van der Waals surface area contributed by atoms with Gasteiger partial charge in [-0.2, -0.15) is 0 Å². The highest BCUT2D eigenvalue weighted by Gasteiger charge is 2.21. The van der Waals surface area contributed by atoms with Gasteiger partial charge in [-0.3, -0.25) is 0 Å². The number of piperazine rings is 1. The van der Waals surface area contributed by atoms with E-state index in [0.717, 1.165) is 39.2 Å². The predicted molar refractivity (Wildman–Crippen MR) is 89.5 cm³/mol. The van der Waals surface area contributed by atoms with Crippen LogP contribution < -0.4 is 10.2 Å². The van der Waals surface area contributed by atoms with Gasteiger partial charge < -0.3 is 19.9 Å². The molecule has 5 heteroatoms. The zero-order valence-electron chi connectivity index (χ0n) is 13.7. The first-order valence-electron chi connectivity index (χ1n) is 8.13. The van der Waals surface area contributed by atoms with E-state index in [2.05, 4.69) is 41.4 Å². The molecular weight excluding hydrogens is 278 g/mol. The fraction of sp³-hybridized carbons (Fsp3) is 0.588. The zero-order chi connectivity index (χ0) is 15.8. The number of para-hydroxylation sites is 1. The van der Waals surface area contributed by atoms with Crippen molar-refractivity contribution in [1.29, 1.82) is 0 Å². The Kier molecular flexibility index (Phi) is 6.52. The minimum absolute atomic E-state index is 0.0425. The number of carbonyl (C=O) groups excluding carboxylic acids is 1. The summed E-state index contributed by atoms with van der Waals surface area (Å²) in [5.74, 6) is 0. The van der Waals surface area contributed by atoms with Crippen LogP contribution in [0.15, 0.2) is 24.3 Å². The zero-order valence-corrected chi connectivity index (χ0v) is 13.7. The van der Waals surface area contributed by atoms with E-state index in [0.29, 0.717) is 13.2 Å². The highest BCUT2D eigenvalue weighted by atomic mass is 16.5. The standard InChI is InChI=1S/C17H27N3O2/c1-3-22-14-6-9-18-17(21)20-12-10-19(11-13-20)16-8-5-4-7-15(16)2/h4-5,7-8H,3,6,9-14H2,1-2H3,(H,18,21). The van der Waals surface area contributed by atoms with E-state index in [1.54, 1.807) is 0 Å². The molecule has 0 aromatic heterocycles. The number of nitrogens with one attached hydrogen (secondary N) is 1. The van der Waals surface area contributed by atoms with Gasteiger partial charge in [-0.25, -0.2) is 4.79 Å². The number of urea groups is 1. The number of aryl methyl sites for hydroxylation is 1. The quantitative estimate of drug-likeness (QED) is 0.820. The summed E-state index contributed by atoms with van der Waals surface area (Å²) in [7, 11) is 0. The fourth-order valence-corrected chi connectivity index (χ4v) is 2.69. The lowest BCUT2D eigenvalue weighted by Crippen LogP contribution is -2.52. The molecule has 122 valence electrons. The van der Waals surface area contributed by atoms with E-state index >= 15 is 0 Å². The third-order valence-corrected chi connectivity index (χ3v) is 3.97. The van der Waals surface area contributed by atoms with Gasteiger partial charge >= 0.3 is 6.03 Å². The molecule has 1 saturated heterocycles. The van der Waals surface area contributed by atoms with E-state index < -0.39 is 0 Å². The molecule has 22 heavy (non-hydrogen) atoms. The molecule has 0 aliphatic carbocycles. The second-order valence-corrected chi connectivity index (χ2v) is 5.54. The summed E-state index contributed by atoms with van der Waals surface area (Å²) in [6.07, 6.45) is 0.864. The maximum atomic E-state index is 12.1. The van der Waals surface area contributed by atoms with Crippen molar-refractivity contribution in [3.63, 3.8) is 0 Å². The van der Waals surface area contributed by atoms with Gasteiger partial charge in [-0.05, 0) is 31.9 Å². The summed E-state index contributed by atoms with van der Waals surface area (Å²) >= 11 is 0. The average Bonchev–Trinajstić information content (AvgIpc) is 2.55. The van der Waals surface area contributed by atoms with Gasteiger partial charge in [0.2, 0.25) is 0 Å². The number of amides is 2. The average molecular weight is 305 g/mol. The lowest BCUT2D eigenvalue weighted by atomic mass is 10.1. The minimum atomic E-state index is 0.0425. The van der Waals surface area contributed by atoms with Crippen LogP contribution in [-0.4, -0.2) is 56.9 Å². The van der Waals surface area contributed by atoms with Crippen molar-refractivity contribution in [3.05, 3.63) is 29.8 Å². The summed E-state index contributed by atoms with van der Waals surface area (Å²) in [6, 6.07) is 8.46. The number of ether oxygens (including phenoxy) is 1. The highest BCUT2D eigenvalue weighted by Crippen LogP contribution is 2.20. The first-order chi connectivity index (χ1) is 10.7. The van der Waals surface area contributed by atoms with Gasteiger partial charge in [0, 0.05) is 51.6 Å². The van der Waals surface area contributed by atoms with E-state index in [-0.39, 0.29) is 6.03 Å². The molecule has 1 aromatic carbocycles. The Morgan fingerprint density at radius 1 is 1.23 bits per heavy atom. The number of nitrogens with zero attached hydrogens (tertiary/aromatic N) is 2. The van der Waals surface area contributed by atoms with Crippen molar-refractivity contribution in [2.45, 2.75) is 20.3 Å². The number of hydrogen-bond donors (Lipinski definition) is 1. The second kappa shape index (κ2) is 8.63. The Balaban J connectivity index is 1.72. The molecule has 1 aromatic rings. The SMILES string of the molecule is CCOCCCNC(=O)N1CCN(c2ccccc2C)CC1. The molecule has 1 N–H and O–H groups in total. The van der Waals surface area contributed by atoms with Crippen LogP contribution in [0.5, 0.6) is 0 Å². The van der Waals surface area contributed by atoms with Crippen LogP contribution in [0.25, 0.3) is 0 Å². The molecule has 0 atom stereocenters. The van der Waals surface area contributed by atoms with E-state index in [9.17, 15) is 4.79 Å². The minimum Gasteiger partial charge on any atom is -0.382 e. The van der Waals surface area contributed by atoms with E-state index in [4.69, 9.17) is 4.74 Å². The van der Waals surface area contributed by atoms with Crippen LogP contribution in [-0.2, 0) is 4.74 Å². The van der Waals surface area contributed by atoms with Crippen molar-refractivity contribution in [1.82, 2.24) is 10.2 Å². The Morgan fingerprint density at radius 3 is 2.64 bits per heavy atom. The molecule has 0 radical (unpaired) electrons. The third kappa shape index (κ3) is 4.63. The molecule has 0 unspecified atom stereocenters. The molecule has 1 aliphatic rings. The van der Waals surface area contributed by atoms with Gasteiger partial charge in [0.05, 0.1) is 0 Å². The van der Waals surface area contributed by atoms with Crippen molar-refractivity contribution in [2.75, 3.05) is 50.8 Å². The summed E-state index contributed by atoms with van der Waals surface area (Å²) < 4.78 is 5.26. The third-order valence-electron chi connectivity index (χ3n) is 3.97. The number of hydrogen-bond acceptors (Lipinski definition) is 3. The fourth-order valence-electron chi connectivity index (χ4n) is 2.69. The molecule has 1 fully saturated rings. The molecule has 0 bridgehead atoms. The molecule has 5 nitrogen and oxygen atoms in total. The highest BCUT2D eigenvalue weighted by molar-refractivity contribution is 5.74. The van der Waals surface area contributed by atoms with Crippen LogP contribution in [0, 0.1) is 6.92 Å². The Morgan fingerprint density at radius 2 is 1.95 bits per heavy atom. The van der Waals surface area contributed by atoms with Gasteiger partial charge in [0.15, 0.2) is 0 Å². The summed E-state index contributed by atoms with van der Waals surface area (Å²) in [4.78, 5) is 16.4. The lowest BCUT2D eigenvalue weighted by molar-refractivity contribution is 0.143. The smallest absolute Gasteiger partial charge is 0.317 e. The molecule has 0 saturated carbocycles.